The van der Waals surface area contributed by atoms with E-state index in [2.05, 4.69) is 34.7 Å². The number of anilines is 1. The van der Waals surface area contributed by atoms with E-state index >= 15 is 0 Å². The van der Waals surface area contributed by atoms with Crippen LogP contribution >= 0.6 is 0 Å². The van der Waals surface area contributed by atoms with Gasteiger partial charge in [-0.3, -0.25) is 9.48 Å². The fourth-order valence-electron chi connectivity index (χ4n) is 4.00. The van der Waals surface area contributed by atoms with Gasteiger partial charge in [-0.1, -0.05) is 42.5 Å². The van der Waals surface area contributed by atoms with E-state index in [1.165, 1.54) is 10.8 Å². The van der Waals surface area contributed by atoms with Crippen LogP contribution < -0.4 is 19.5 Å². The predicted octanol–water partition coefficient (Wildman–Crippen LogP) is 5.24. The van der Waals surface area contributed by atoms with E-state index in [4.69, 9.17) is 18.6 Å². The fraction of sp³-hybridized carbons (Fsp3) is 0.111. The summed E-state index contributed by atoms with van der Waals surface area (Å²) in [5.41, 5.74) is 1.15. The molecule has 6 rings (SSSR count). The minimum Gasteiger partial charge on any atom is -0.486 e. The molecule has 0 radical (unpaired) electrons. The molecular formula is C27H21N3O5. The summed E-state index contributed by atoms with van der Waals surface area (Å²) in [6.45, 7) is 0.975. The first-order chi connectivity index (χ1) is 17.2. The van der Waals surface area contributed by atoms with Crippen LogP contribution in [0.3, 0.4) is 0 Å². The summed E-state index contributed by atoms with van der Waals surface area (Å²) in [6, 6.07) is 24.9. The molecule has 0 saturated heterocycles. The summed E-state index contributed by atoms with van der Waals surface area (Å²) >= 11 is 0. The SMILES string of the molecule is O=C(Nc1ccn(Cc2cccc3ccccc23)n1)c1ccc(COc2ccc3c(c2)OCO3)o1. The first-order valence-corrected chi connectivity index (χ1v) is 11.1. The lowest BCUT2D eigenvalue weighted by molar-refractivity contribution is 0.0992. The van der Waals surface area contributed by atoms with Gasteiger partial charge in [-0.25, -0.2) is 0 Å². The fourth-order valence-corrected chi connectivity index (χ4v) is 4.00. The highest BCUT2D eigenvalue weighted by molar-refractivity contribution is 6.01. The highest BCUT2D eigenvalue weighted by Crippen LogP contribution is 2.35. The van der Waals surface area contributed by atoms with E-state index in [1.807, 2.05) is 24.4 Å². The van der Waals surface area contributed by atoms with Crippen molar-refractivity contribution in [2.24, 2.45) is 0 Å². The Bertz CT molecular complexity index is 1520. The number of hydrogen-bond donors (Lipinski definition) is 1. The number of benzene rings is 3. The Kier molecular flexibility index (Phi) is 5.31. The second-order valence-electron chi connectivity index (χ2n) is 8.06. The summed E-state index contributed by atoms with van der Waals surface area (Å²) < 4.78 is 23.8. The molecule has 8 nitrogen and oxygen atoms in total. The number of furan rings is 1. The van der Waals surface area contributed by atoms with Crippen LogP contribution in [0.2, 0.25) is 0 Å². The Hall–Kier alpha value is -4.72. The van der Waals surface area contributed by atoms with Gasteiger partial charge in [0.05, 0.1) is 6.54 Å². The summed E-state index contributed by atoms with van der Waals surface area (Å²) in [6.07, 6.45) is 1.84. The minimum atomic E-state index is -0.380. The van der Waals surface area contributed by atoms with Gasteiger partial charge in [-0.05, 0) is 40.6 Å². The highest BCUT2D eigenvalue weighted by Gasteiger charge is 2.16. The van der Waals surface area contributed by atoms with Crippen molar-refractivity contribution in [3.05, 3.63) is 102 Å². The Labute approximate surface area is 200 Å². The van der Waals surface area contributed by atoms with E-state index in [9.17, 15) is 4.79 Å². The van der Waals surface area contributed by atoms with Gasteiger partial charge in [0.1, 0.15) is 18.1 Å². The first kappa shape index (κ1) is 20.9. The topological polar surface area (TPSA) is 87.8 Å². The van der Waals surface area contributed by atoms with Crippen LogP contribution in [0.25, 0.3) is 10.8 Å². The molecule has 0 unspecified atom stereocenters. The third kappa shape index (κ3) is 4.41. The minimum absolute atomic E-state index is 0.173. The number of amides is 1. The molecule has 5 aromatic rings. The molecule has 0 aliphatic carbocycles. The molecule has 35 heavy (non-hydrogen) atoms. The molecule has 8 heteroatoms. The summed E-state index contributed by atoms with van der Waals surface area (Å²) in [4.78, 5) is 12.6. The second-order valence-corrected chi connectivity index (χ2v) is 8.06. The monoisotopic (exact) mass is 467 g/mol. The van der Waals surface area contributed by atoms with Crippen LogP contribution in [-0.4, -0.2) is 22.5 Å². The number of rotatable bonds is 7. The molecule has 0 spiro atoms. The Balaban J connectivity index is 1.07. The molecule has 1 aliphatic heterocycles. The smallest absolute Gasteiger partial charge is 0.292 e. The van der Waals surface area contributed by atoms with Gasteiger partial charge in [0.15, 0.2) is 23.1 Å². The molecule has 1 N–H and O–H groups in total. The molecule has 0 fully saturated rings. The van der Waals surface area contributed by atoms with Crippen LogP contribution in [0.4, 0.5) is 5.82 Å². The molecule has 0 saturated carbocycles. The van der Waals surface area contributed by atoms with E-state index in [1.54, 1.807) is 41.1 Å². The summed E-state index contributed by atoms with van der Waals surface area (Å²) in [5, 5.41) is 9.63. The van der Waals surface area contributed by atoms with E-state index in [0.29, 0.717) is 35.4 Å². The van der Waals surface area contributed by atoms with Crippen molar-refractivity contribution in [3.8, 4) is 17.2 Å². The van der Waals surface area contributed by atoms with E-state index in [0.717, 1.165) is 5.56 Å². The molecule has 0 bridgehead atoms. The first-order valence-electron chi connectivity index (χ1n) is 11.1. The van der Waals surface area contributed by atoms with Crippen molar-refractivity contribution in [2.45, 2.75) is 13.2 Å². The predicted molar refractivity (Wildman–Crippen MR) is 129 cm³/mol. The standard InChI is InChI=1S/C27H21N3O5/c31-27(24-11-9-21(35-24)16-32-20-8-10-23-25(14-20)34-17-33-23)28-26-12-13-30(29-26)15-19-6-3-5-18-4-1-2-7-22(18)19/h1-14H,15-17H2,(H,28,29,31). The lowest BCUT2D eigenvalue weighted by Crippen LogP contribution is -2.12. The summed E-state index contributed by atoms with van der Waals surface area (Å²) in [7, 11) is 0. The Morgan fingerprint density at radius 3 is 2.83 bits per heavy atom. The van der Waals surface area contributed by atoms with Crippen LogP contribution in [0.15, 0.2) is 89.5 Å². The van der Waals surface area contributed by atoms with Crippen molar-refractivity contribution in [2.75, 3.05) is 12.1 Å². The largest absolute Gasteiger partial charge is 0.486 e. The number of fused-ring (bicyclic) bond motifs is 2. The van der Waals surface area contributed by atoms with Crippen LogP contribution in [0, 0.1) is 0 Å². The maximum atomic E-state index is 12.6. The molecular weight excluding hydrogens is 446 g/mol. The van der Waals surface area contributed by atoms with E-state index in [-0.39, 0.29) is 25.1 Å². The normalized spacial score (nSPS) is 12.1. The van der Waals surface area contributed by atoms with E-state index < -0.39 is 0 Å². The maximum Gasteiger partial charge on any atom is 0.292 e. The molecule has 0 atom stereocenters. The number of aromatic nitrogens is 2. The van der Waals surface area contributed by atoms with Gasteiger partial charge in [-0.2, -0.15) is 5.10 Å². The Morgan fingerprint density at radius 2 is 1.86 bits per heavy atom. The molecule has 3 heterocycles. The molecule has 1 aliphatic rings. The van der Waals surface area contributed by atoms with Crippen molar-refractivity contribution in [1.29, 1.82) is 0 Å². The molecule has 174 valence electrons. The maximum absolute atomic E-state index is 12.6. The average molecular weight is 467 g/mol. The zero-order valence-corrected chi connectivity index (χ0v) is 18.6. The number of nitrogens with one attached hydrogen (secondary N) is 1. The third-order valence-corrected chi connectivity index (χ3v) is 5.71. The highest BCUT2D eigenvalue weighted by atomic mass is 16.7. The zero-order chi connectivity index (χ0) is 23.6. The second kappa shape index (κ2) is 8.90. The lowest BCUT2D eigenvalue weighted by atomic mass is 10.0. The number of carbonyl (C=O) groups excluding carboxylic acids is 1. The van der Waals surface area contributed by atoms with Crippen molar-refractivity contribution < 1.29 is 23.4 Å². The van der Waals surface area contributed by atoms with Crippen LogP contribution in [-0.2, 0) is 13.2 Å². The number of nitrogens with zero attached hydrogens (tertiary/aromatic N) is 2. The molecule has 2 aromatic heterocycles. The van der Waals surface area contributed by atoms with Crippen LogP contribution in [0.1, 0.15) is 21.9 Å². The van der Waals surface area contributed by atoms with Gasteiger partial charge >= 0.3 is 0 Å². The third-order valence-electron chi connectivity index (χ3n) is 5.71. The van der Waals surface area contributed by atoms with Gasteiger partial charge in [-0.15, -0.1) is 0 Å². The van der Waals surface area contributed by atoms with Gasteiger partial charge < -0.3 is 23.9 Å². The lowest BCUT2D eigenvalue weighted by Gasteiger charge is -2.07. The average Bonchev–Trinajstić information content (AvgIpc) is 3.64. The van der Waals surface area contributed by atoms with Crippen molar-refractivity contribution >= 4 is 22.5 Å². The summed E-state index contributed by atoms with van der Waals surface area (Å²) in [5.74, 6) is 2.72. The molecule has 3 aromatic carbocycles. The van der Waals surface area contributed by atoms with Gasteiger partial charge in [0.25, 0.3) is 5.91 Å². The number of ether oxygens (including phenoxy) is 3. The van der Waals surface area contributed by atoms with Crippen molar-refractivity contribution in [1.82, 2.24) is 9.78 Å². The van der Waals surface area contributed by atoms with Gasteiger partial charge in [0, 0.05) is 18.3 Å². The Morgan fingerprint density at radius 1 is 0.971 bits per heavy atom. The number of hydrogen-bond acceptors (Lipinski definition) is 6. The van der Waals surface area contributed by atoms with Crippen LogP contribution in [0.5, 0.6) is 17.2 Å². The van der Waals surface area contributed by atoms with Gasteiger partial charge in [0.2, 0.25) is 6.79 Å². The number of carbonyl (C=O) groups is 1. The zero-order valence-electron chi connectivity index (χ0n) is 18.6. The quantitative estimate of drug-likeness (QED) is 0.352. The molecule has 1 amide bonds. The van der Waals surface area contributed by atoms with Crippen molar-refractivity contribution in [3.63, 3.8) is 0 Å².